The van der Waals surface area contributed by atoms with Crippen LogP contribution in [0, 0.1) is 5.92 Å². The fraction of sp³-hybridized carbons (Fsp3) is 0.429. The molecule has 0 radical (unpaired) electrons. The lowest BCUT2D eigenvalue weighted by Crippen LogP contribution is -2.16. The van der Waals surface area contributed by atoms with E-state index in [1.54, 1.807) is 11.8 Å². The molecule has 1 unspecified atom stereocenters. The van der Waals surface area contributed by atoms with Gasteiger partial charge in [-0.2, -0.15) is 4.98 Å². The van der Waals surface area contributed by atoms with Crippen LogP contribution in [0.3, 0.4) is 0 Å². The monoisotopic (exact) mass is 355 g/mol. The van der Waals surface area contributed by atoms with Gasteiger partial charge in [-0.15, -0.1) is 11.8 Å². The molecule has 1 heterocycles. The molecule has 0 saturated heterocycles. The third-order valence-corrected chi connectivity index (χ3v) is 5.10. The van der Waals surface area contributed by atoms with Gasteiger partial charge in [-0.3, -0.25) is 0 Å². The number of benzene rings is 1. The minimum atomic E-state index is 0.416. The molecule has 4 nitrogen and oxygen atoms in total. The first-order valence-electron chi connectivity index (χ1n) is 6.61. The summed E-state index contributed by atoms with van der Waals surface area (Å²) in [6.45, 7) is 2.78. The Morgan fingerprint density at radius 3 is 2.90 bits per heavy atom. The summed E-state index contributed by atoms with van der Waals surface area (Å²) in [6.07, 6.45) is 1.79. The van der Waals surface area contributed by atoms with Crippen LogP contribution >= 0.6 is 27.7 Å². The predicted octanol–water partition coefficient (Wildman–Crippen LogP) is 3.65. The molecule has 0 aliphatic heterocycles. The Bertz CT molecular complexity index is 543. The molecule has 1 aromatic carbocycles. The summed E-state index contributed by atoms with van der Waals surface area (Å²) in [6, 6.07) is 8.11. The number of hydrogen-bond acceptors (Lipinski definition) is 5. The van der Waals surface area contributed by atoms with Gasteiger partial charge in [-0.25, -0.2) is 0 Å². The van der Waals surface area contributed by atoms with Crippen LogP contribution in [-0.4, -0.2) is 16.7 Å². The minimum absolute atomic E-state index is 0.416. The molecule has 1 atom stereocenters. The van der Waals surface area contributed by atoms with Gasteiger partial charge in [-0.05, 0) is 40.5 Å². The van der Waals surface area contributed by atoms with Crippen molar-refractivity contribution in [2.75, 3.05) is 6.54 Å². The van der Waals surface area contributed by atoms with E-state index in [-0.39, 0.29) is 0 Å². The van der Waals surface area contributed by atoms with Crippen molar-refractivity contribution < 1.29 is 4.52 Å². The molecule has 0 saturated carbocycles. The van der Waals surface area contributed by atoms with E-state index in [1.165, 1.54) is 4.90 Å². The molecule has 20 heavy (non-hydrogen) atoms. The van der Waals surface area contributed by atoms with E-state index in [4.69, 9.17) is 10.3 Å². The SMILES string of the molecule is CCC(CN)Cc1nc(CSc2ccccc2Br)no1. The summed E-state index contributed by atoms with van der Waals surface area (Å²) in [5.74, 6) is 2.53. The second-order valence-electron chi connectivity index (χ2n) is 4.54. The zero-order chi connectivity index (χ0) is 14.4. The molecule has 0 aliphatic rings. The van der Waals surface area contributed by atoms with Crippen molar-refractivity contribution in [3.63, 3.8) is 0 Å². The predicted molar refractivity (Wildman–Crippen MR) is 84.5 cm³/mol. The lowest BCUT2D eigenvalue weighted by atomic mass is 10.0. The second kappa shape index (κ2) is 7.81. The van der Waals surface area contributed by atoms with Crippen LogP contribution in [0.15, 0.2) is 38.2 Å². The second-order valence-corrected chi connectivity index (χ2v) is 6.41. The highest BCUT2D eigenvalue weighted by Gasteiger charge is 2.12. The molecule has 0 aliphatic carbocycles. The van der Waals surface area contributed by atoms with E-state index >= 15 is 0 Å². The average Bonchev–Trinajstić information content (AvgIpc) is 2.91. The zero-order valence-electron chi connectivity index (χ0n) is 11.4. The van der Waals surface area contributed by atoms with Crippen LogP contribution in [-0.2, 0) is 12.2 Å². The summed E-state index contributed by atoms with van der Waals surface area (Å²) in [5, 5.41) is 4.02. The molecule has 0 spiro atoms. The van der Waals surface area contributed by atoms with Crippen molar-refractivity contribution in [3.8, 4) is 0 Å². The molecule has 6 heteroatoms. The van der Waals surface area contributed by atoms with Gasteiger partial charge in [0, 0.05) is 15.8 Å². The van der Waals surface area contributed by atoms with Gasteiger partial charge in [0.25, 0.3) is 0 Å². The Hall–Kier alpha value is -0.850. The molecule has 0 bridgehead atoms. The highest BCUT2D eigenvalue weighted by Crippen LogP contribution is 2.29. The maximum atomic E-state index is 5.69. The Morgan fingerprint density at radius 1 is 1.40 bits per heavy atom. The number of nitrogens with zero attached hydrogens (tertiary/aromatic N) is 2. The lowest BCUT2D eigenvalue weighted by molar-refractivity contribution is 0.348. The minimum Gasteiger partial charge on any atom is -0.339 e. The van der Waals surface area contributed by atoms with E-state index < -0.39 is 0 Å². The van der Waals surface area contributed by atoms with Gasteiger partial charge in [0.15, 0.2) is 5.82 Å². The normalized spacial score (nSPS) is 12.6. The summed E-state index contributed by atoms with van der Waals surface area (Å²) in [7, 11) is 0. The number of halogens is 1. The van der Waals surface area contributed by atoms with E-state index in [0.29, 0.717) is 24.1 Å². The Balaban J connectivity index is 1.91. The van der Waals surface area contributed by atoms with Gasteiger partial charge < -0.3 is 10.3 Å². The highest BCUT2D eigenvalue weighted by molar-refractivity contribution is 9.10. The largest absolute Gasteiger partial charge is 0.339 e. The molecule has 0 fully saturated rings. The number of rotatable bonds is 7. The topological polar surface area (TPSA) is 64.9 Å². The third-order valence-electron chi connectivity index (χ3n) is 3.08. The first-order valence-corrected chi connectivity index (χ1v) is 8.39. The van der Waals surface area contributed by atoms with Crippen molar-refractivity contribution >= 4 is 27.7 Å². The molecule has 1 aromatic heterocycles. The fourth-order valence-electron chi connectivity index (χ4n) is 1.78. The maximum absolute atomic E-state index is 5.69. The molecular weight excluding hydrogens is 338 g/mol. The summed E-state index contributed by atoms with van der Waals surface area (Å²) in [5.41, 5.74) is 5.69. The van der Waals surface area contributed by atoms with Crippen molar-refractivity contribution in [2.45, 2.75) is 30.4 Å². The van der Waals surface area contributed by atoms with E-state index in [9.17, 15) is 0 Å². The van der Waals surface area contributed by atoms with Gasteiger partial charge >= 0.3 is 0 Å². The van der Waals surface area contributed by atoms with Gasteiger partial charge in [0.1, 0.15) is 0 Å². The van der Waals surface area contributed by atoms with Crippen LogP contribution in [0.1, 0.15) is 25.1 Å². The van der Waals surface area contributed by atoms with Gasteiger partial charge in [0.05, 0.1) is 5.75 Å². The highest BCUT2D eigenvalue weighted by atomic mass is 79.9. The molecule has 2 aromatic rings. The lowest BCUT2D eigenvalue weighted by Gasteiger charge is -2.07. The van der Waals surface area contributed by atoms with Crippen molar-refractivity contribution in [2.24, 2.45) is 11.7 Å². The van der Waals surface area contributed by atoms with Gasteiger partial charge in [0.2, 0.25) is 5.89 Å². The number of thioether (sulfide) groups is 1. The van der Waals surface area contributed by atoms with Crippen molar-refractivity contribution in [1.82, 2.24) is 10.1 Å². The Morgan fingerprint density at radius 2 is 2.20 bits per heavy atom. The third kappa shape index (κ3) is 4.33. The first-order chi connectivity index (χ1) is 9.72. The van der Waals surface area contributed by atoms with E-state index in [2.05, 4.69) is 39.1 Å². The summed E-state index contributed by atoms with van der Waals surface area (Å²) in [4.78, 5) is 5.59. The quantitative estimate of drug-likeness (QED) is 0.767. The number of nitrogens with two attached hydrogens (primary N) is 1. The zero-order valence-corrected chi connectivity index (χ0v) is 13.8. The van der Waals surface area contributed by atoms with Crippen LogP contribution in [0.2, 0.25) is 0 Å². The molecule has 2 N–H and O–H groups in total. The first kappa shape index (κ1) is 15.5. The summed E-state index contributed by atoms with van der Waals surface area (Å²) < 4.78 is 6.36. The standard InChI is InChI=1S/C14H18BrN3OS/c1-2-10(8-16)7-14-17-13(18-19-14)9-20-12-6-4-3-5-11(12)15/h3-6,10H,2,7-9,16H2,1H3. The Labute approximate surface area is 131 Å². The van der Waals surface area contributed by atoms with E-state index in [1.807, 2.05) is 18.2 Å². The average molecular weight is 356 g/mol. The number of hydrogen-bond donors (Lipinski definition) is 1. The molecule has 2 rings (SSSR count). The van der Waals surface area contributed by atoms with Crippen molar-refractivity contribution in [3.05, 3.63) is 40.5 Å². The van der Waals surface area contributed by atoms with Gasteiger partial charge in [-0.1, -0.05) is 30.6 Å². The van der Waals surface area contributed by atoms with Crippen LogP contribution in [0.25, 0.3) is 0 Å². The van der Waals surface area contributed by atoms with Crippen molar-refractivity contribution in [1.29, 1.82) is 0 Å². The Kier molecular flexibility index (Phi) is 6.06. The molecule has 0 amide bonds. The van der Waals surface area contributed by atoms with Crippen LogP contribution in [0.4, 0.5) is 0 Å². The fourth-order valence-corrected chi connectivity index (χ4v) is 3.19. The summed E-state index contributed by atoms with van der Waals surface area (Å²) >= 11 is 5.21. The molecule has 108 valence electrons. The van der Waals surface area contributed by atoms with E-state index in [0.717, 1.165) is 23.1 Å². The van der Waals surface area contributed by atoms with Crippen LogP contribution < -0.4 is 5.73 Å². The van der Waals surface area contributed by atoms with Crippen LogP contribution in [0.5, 0.6) is 0 Å². The smallest absolute Gasteiger partial charge is 0.226 e. The maximum Gasteiger partial charge on any atom is 0.226 e. The molecular formula is C14H18BrN3OS. The number of aromatic nitrogens is 2.